The minimum absolute atomic E-state index is 0.207. The summed E-state index contributed by atoms with van der Waals surface area (Å²) < 4.78 is 0. The van der Waals surface area contributed by atoms with Crippen molar-refractivity contribution in [2.75, 3.05) is 19.6 Å². The molecule has 0 aliphatic carbocycles. The Hall–Kier alpha value is -1.10. The summed E-state index contributed by atoms with van der Waals surface area (Å²) in [6.07, 6.45) is 3.76. The Kier molecular flexibility index (Phi) is 6.99. The molecule has 1 fully saturated rings. The second-order valence-electron chi connectivity index (χ2n) is 6.43. The number of piperidine rings is 1. The summed E-state index contributed by atoms with van der Waals surface area (Å²) in [5.41, 5.74) is 11.0. The van der Waals surface area contributed by atoms with E-state index >= 15 is 0 Å². The van der Waals surface area contributed by atoms with Crippen molar-refractivity contribution in [3.63, 3.8) is 0 Å². The standard InChI is InChI=1S/C15H29N3O2/c1-11(2)7-13(10-16)9-15(20)18-5-3-12(4-6-18)8-14(17)19/h11-13H,3-10,16H2,1-2H3,(H2,17,19)/t13-/m0/s1. The maximum Gasteiger partial charge on any atom is 0.222 e. The minimum Gasteiger partial charge on any atom is -0.370 e. The van der Waals surface area contributed by atoms with Gasteiger partial charge in [-0.25, -0.2) is 0 Å². The second-order valence-corrected chi connectivity index (χ2v) is 6.43. The SMILES string of the molecule is CC(C)C[C@H](CN)CC(=O)N1CCC(CC(N)=O)CC1. The first-order valence-corrected chi connectivity index (χ1v) is 7.68. The number of amides is 2. The van der Waals surface area contributed by atoms with E-state index in [1.165, 1.54) is 0 Å². The molecule has 0 unspecified atom stereocenters. The van der Waals surface area contributed by atoms with Crippen LogP contribution in [0.4, 0.5) is 0 Å². The summed E-state index contributed by atoms with van der Waals surface area (Å²) in [7, 11) is 0. The smallest absolute Gasteiger partial charge is 0.222 e. The number of rotatable bonds is 7. The number of carbonyl (C=O) groups excluding carboxylic acids is 2. The molecule has 116 valence electrons. The van der Waals surface area contributed by atoms with Gasteiger partial charge in [0, 0.05) is 25.9 Å². The molecule has 0 aromatic heterocycles. The van der Waals surface area contributed by atoms with Gasteiger partial charge in [-0.2, -0.15) is 0 Å². The van der Waals surface area contributed by atoms with Gasteiger partial charge in [-0.3, -0.25) is 9.59 Å². The van der Waals surface area contributed by atoms with Gasteiger partial charge in [-0.1, -0.05) is 13.8 Å². The lowest BCUT2D eigenvalue weighted by molar-refractivity contribution is -0.133. The molecule has 0 radical (unpaired) electrons. The molecule has 0 aromatic rings. The minimum atomic E-state index is -0.241. The van der Waals surface area contributed by atoms with Crippen LogP contribution < -0.4 is 11.5 Å². The van der Waals surface area contributed by atoms with Crippen LogP contribution in [0.15, 0.2) is 0 Å². The number of hydrogen-bond donors (Lipinski definition) is 2. The van der Waals surface area contributed by atoms with Crippen LogP contribution in [0.25, 0.3) is 0 Å². The zero-order chi connectivity index (χ0) is 15.1. The Bertz CT molecular complexity index is 323. The summed E-state index contributed by atoms with van der Waals surface area (Å²) in [5, 5.41) is 0. The van der Waals surface area contributed by atoms with Gasteiger partial charge in [-0.15, -0.1) is 0 Å². The fraction of sp³-hybridized carbons (Fsp3) is 0.867. The third kappa shape index (κ3) is 5.90. The van der Waals surface area contributed by atoms with Gasteiger partial charge >= 0.3 is 0 Å². The third-order valence-corrected chi connectivity index (χ3v) is 4.06. The van der Waals surface area contributed by atoms with Crippen LogP contribution in [-0.2, 0) is 9.59 Å². The molecule has 1 atom stereocenters. The second kappa shape index (κ2) is 8.25. The third-order valence-electron chi connectivity index (χ3n) is 4.06. The molecule has 0 saturated carbocycles. The maximum atomic E-state index is 12.3. The molecule has 5 nitrogen and oxygen atoms in total. The molecule has 2 amide bonds. The van der Waals surface area contributed by atoms with Gasteiger partial charge in [0.25, 0.3) is 0 Å². The van der Waals surface area contributed by atoms with Crippen LogP contribution >= 0.6 is 0 Å². The number of carbonyl (C=O) groups is 2. The van der Waals surface area contributed by atoms with Crippen LogP contribution in [-0.4, -0.2) is 36.3 Å². The molecule has 4 N–H and O–H groups in total. The average molecular weight is 283 g/mol. The van der Waals surface area contributed by atoms with Crippen molar-refractivity contribution in [1.29, 1.82) is 0 Å². The van der Waals surface area contributed by atoms with Gasteiger partial charge in [-0.05, 0) is 43.6 Å². The number of primary amides is 1. The Balaban J connectivity index is 2.36. The van der Waals surface area contributed by atoms with E-state index in [-0.39, 0.29) is 17.7 Å². The van der Waals surface area contributed by atoms with E-state index in [4.69, 9.17) is 11.5 Å². The normalized spacial score (nSPS) is 18.3. The zero-order valence-corrected chi connectivity index (χ0v) is 12.8. The first-order valence-electron chi connectivity index (χ1n) is 7.68. The van der Waals surface area contributed by atoms with Crippen molar-refractivity contribution in [3.05, 3.63) is 0 Å². The molecular weight excluding hydrogens is 254 g/mol. The fourth-order valence-electron chi connectivity index (χ4n) is 2.98. The molecule has 0 aromatic carbocycles. The van der Waals surface area contributed by atoms with Gasteiger partial charge in [0.2, 0.25) is 11.8 Å². The molecular formula is C15H29N3O2. The molecule has 1 aliphatic rings. The number of nitrogens with two attached hydrogens (primary N) is 2. The lowest BCUT2D eigenvalue weighted by Gasteiger charge is -2.32. The molecule has 5 heteroatoms. The monoisotopic (exact) mass is 283 g/mol. The molecule has 0 spiro atoms. The molecule has 1 heterocycles. The van der Waals surface area contributed by atoms with E-state index in [2.05, 4.69) is 13.8 Å². The quantitative estimate of drug-likeness (QED) is 0.733. The summed E-state index contributed by atoms with van der Waals surface area (Å²) in [5.74, 6) is 1.16. The van der Waals surface area contributed by atoms with E-state index < -0.39 is 0 Å². The molecule has 1 saturated heterocycles. The van der Waals surface area contributed by atoms with E-state index in [0.717, 1.165) is 32.4 Å². The lowest BCUT2D eigenvalue weighted by atomic mass is 9.91. The van der Waals surface area contributed by atoms with Crippen molar-refractivity contribution in [1.82, 2.24) is 4.90 Å². The van der Waals surface area contributed by atoms with Crippen molar-refractivity contribution < 1.29 is 9.59 Å². The summed E-state index contributed by atoms with van der Waals surface area (Å²) in [4.78, 5) is 25.1. The number of nitrogens with zero attached hydrogens (tertiary/aromatic N) is 1. The predicted octanol–water partition coefficient (Wildman–Crippen LogP) is 1.11. The van der Waals surface area contributed by atoms with Gasteiger partial charge in [0.15, 0.2) is 0 Å². The first kappa shape index (κ1) is 17.0. The molecule has 20 heavy (non-hydrogen) atoms. The number of likely N-dealkylation sites (tertiary alicyclic amines) is 1. The highest BCUT2D eigenvalue weighted by Gasteiger charge is 2.25. The van der Waals surface area contributed by atoms with Gasteiger partial charge in [0.1, 0.15) is 0 Å². The van der Waals surface area contributed by atoms with Crippen LogP contribution in [0.2, 0.25) is 0 Å². The van der Waals surface area contributed by atoms with Crippen LogP contribution in [0.3, 0.4) is 0 Å². The Morgan fingerprint density at radius 3 is 2.30 bits per heavy atom. The first-order chi connectivity index (χ1) is 9.42. The van der Waals surface area contributed by atoms with Crippen molar-refractivity contribution >= 4 is 11.8 Å². The summed E-state index contributed by atoms with van der Waals surface area (Å²) >= 11 is 0. The highest BCUT2D eigenvalue weighted by Crippen LogP contribution is 2.22. The van der Waals surface area contributed by atoms with E-state index in [0.29, 0.717) is 31.2 Å². The van der Waals surface area contributed by atoms with E-state index in [9.17, 15) is 9.59 Å². The van der Waals surface area contributed by atoms with Crippen LogP contribution in [0.1, 0.15) is 46.0 Å². The predicted molar refractivity (Wildman–Crippen MR) is 79.7 cm³/mol. The van der Waals surface area contributed by atoms with Gasteiger partial charge in [0.05, 0.1) is 0 Å². The van der Waals surface area contributed by atoms with Crippen LogP contribution in [0.5, 0.6) is 0 Å². The Morgan fingerprint density at radius 1 is 1.25 bits per heavy atom. The van der Waals surface area contributed by atoms with Crippen molar-refractivity contribution in [2.45, 2.75) is 46.0 Å². The molecule has 1 aliphatic heterocycles. The lowest BCUT2D eigenvalue weighted by Crippen LogP contribution is -2.40. The maximum absolute atomic E-state index is 12.3. The Labute approximate surface area is 122 Å². The topological polar surface area (TPSA) is 89.4 Å². The van der Waals surface area contributed by atoms with Crippen molar-refractivity contribution in [2.24, 2.45) is 29.2 Å². The van der Waals surface area contributed by atoms with Crippen LogP contribution in [0, 0.1) is 17.8 Å². The van der Waals surface area contributed by atoms with E-state index in [1.54, 1.807) is 0 Å². The van der Waals surface area contributed by atoms with Gasteiger partial charge < -0.3 is 16.4 Å². The fourth-order valence-corrected chi connectivity index (χ4v) is 2.98. The highest BCUT2D eigenvalue weighted by molar-refractivity contribution is 5.77. The molecule has 0 bridgehead atoms. The summed E-state index contributed by atoms with van der Waals surface area (Å²) in [6.45, 7) is 6.37. The largest absolute Gasteiger partial charge is 0.370 e. The summed E-state index contributed by atoms with van der Waals surface area (Å²) in [6, 6.07) is 0. The van der Waals surface area contributed by atoms with Crippen molar-refractivity contribution in [3.8, 4) is 0 Å². The van der Waals surface area contributed by atoms with E-state index in [1.807, 2.05) is 4.90 Å². The highest BCUT2D eigenvalue weighted by atomic mass is 16.2. The Morgan fingerprint density at radius 2 is 1.85 bits per heavy atom. The molecule has 1 rings (SSSR count). The number of hydrogen-bond acceptors (Lipinski definition) is 3. The zero-order valence-electron chi connectivity index (χ0n) is 12.8. The average Bonchev–Trinajstić information content (AvgIpc) is 2.37.